The van der Waals surface area contributed by atoms with Gasteiger partial charge in [0, 0.05) is 29.0 Å². The Morgan fingerprint density at radius 2 is 1.67 bits per heavy atom. The molecule has 2 aromatic heterocycles. The number of rotatable bonds is 10. The minimum Gasteiger partial charge on any atom is -0.497 e. The standard InChI is InChI=1S/C23H33N5O2/c1-7-20-16(4)25-22-15-21(17-12-18(29-5)14-19(13-17)30-6)26-28(22)23(20)24-10-11-27(8-2)9-3/h12-15,24H,7-11H2,1-6H3/p+1. The van der Waals surface area contributed by atoms with Gasteiger partial charge >= 0.3 is 0 Å². The zero-order chi connectivity index (χ0) is 21.7. The summed E-state index contributed by atoms with van der Waals surface area (Å²) >= 11 is 0. The number of nitrogens with one attached hydrogen (secondary N) is 2. The molecule has 2 heterocycles. The molecule has 7 nitrogen and oxygen atoms in total. The predicted molar refractivity (Wildman–Crippen MR) is 121 cm³/mol. The minimum absolute atomic E-state index is 0.736. The van der Waals surface area contributed by atoms with Gasteiger partial charge in [-0.25, -0.2) is 4.98 Å². The molecular weight excluding hydrogens is 378 g/mol. The van der Waals surface area contributed by atoms with Crippen LogP contribution in [0.5, 0.6) is 11.5 Å². The number of fused-ring (bicyclic) bond motifs is 1. The average Bonchev–Trinajstić information content (AvgIpc) is 3.19. The molecule has 0 unspecified atom stereocenters. The Labute approximate surface area is 179 Å². The monoisotopic (exact) mass is 412 g/mol. The number of hydrogen-bond acceptors (Lipinski definition) is 5. The van der Waals surface area contributed by atoms with Crippen molar-refractivity contribution in [3.63, 3.8) is 0 Å². The Balaban J connectivity index is 2.03. The molecule has 162 valence electrons. The summed E-state index contributed by atoms with van der Waals surface area (Å²) in [6.45, 7) is 12.9. The van der Waals surface area contributed by atoms with Gasteiger partial charge in [-0.3, -0.25) is 0 Å². The van der Waals surface area contributed by atoms with E-state index in [9.17, 15) is 0 Å². The molecule has 0 aliphatic carbocycles. The number of methoxy groups -OCH3 is 2. The number of benzene rings is 1. The highest BCUT2D eigenvalue weighted by atomic mass is 16.5. The highest BCUT2D eigenvalue weighted by Gasteiger charge is 2.16. The van der Waals surface area contributed by atoms with Crippen molar-refractivity contribution in [3.05, 3.63) is 35.5 Å². The lowest BCUT2D eigenvalue weighted by molar-refractivity contribution is -0.894. The van der Waals surface area contributed by atoms with E-state index in [1.54, 1.807) is 19.1 Å². The van der Waals surface area contributed by atoms with Crippen LogP contribution in [0.25, 0.3) is 16.9 Å². The first-order valence-corrected chi connectivity index (χ1v) is 10.7. The van der Waals surface area contributed by atoms with Gasteiger partial charge in [0.2, 0.25) is 0 Å². The summed E-state index contributed by atoms with van der Waals surface area (Å²) in [7, 11) is 3.31. The lowest BCUT2D eigenvalue weighted by atomic mass is 10.1. The van der Waals surface area contributed by atoms with Crippen LogP contribution in [0.3, 0.4) is 0 Å². The third kappa shape index (κ3) is 4.51. The molecule has 7 heteroatoms. The second-order valence-corrected chi connectivity index (χ2v) is 7.41. The molecule has 3 rings (SSSR count). The Morgan fingerprint density at radius 3 is 2.23 bits per heavy atom. The van der Waals surface area contributed by atoms with E-state index in [1.807, 2.05) is 28.8 Å². The van der Waals surface area contributed by atoms with E-state index in [4.69, 9.17) is 19.6 Å². The SMILES string of the molecule is CCc1c(C)nc2cc(-c3cc(OC)cc(OC)c3)nn2c1NCC[NH+](CC)CC. The van der Waals surface area contributed by atoms with E-state index in [0.717, 1.165) is 72.5 Å². The van der Waals surface area contributed by atoms with Crippen LogP contribution in [0, 0.1) is 6.92 Å². The van der Waals surface area contributed by atoms with Gasteiger partial charge in [-0.2, -0.15) is 9.61 Å². The summed E-state index contributed by atoms with van der Waals surface area (Å²) in [5.74, 6) is 2.51. The number of ether oxygens (including phenoxy) is 2. The van der Waals surface area contributed by atoms with Gasteiger partial charge in [0.1, 0.15) is 17.3 Å². The molecule has 0 saturated carbocycles. The zero-order valence-corrected chi connectivity index (χ0v) is 19.0. The highest BCUT2D eigenvalue weighted by Crippen LogP contribution is 2.31. The number of nitrogens with zero attached hydrogens (tertiary/aromatic N) is 3. The fraction of sp³-hybridized carbons (Fsp3) is 0.478. The number of aryl methyl sites for hydroxylation is 1. The number of anilines is 1. The first-order valence-electron chi connectivity index (χ1n) is 10.7. The Hall–Kier alpha value is -2.80. The molecule has 0 atom stereocenters. The molecule has 0 amide bonds. The van der Waals surface area contributed by atoms with Crippen LogP contribution in [0.1, 0.15) is 32.0 Å². The van der Waals surface area contributed by atoms with Gasteiger partial charge in [-0.1, -0.05) is 6.92 Å². The molecule has 1 aromatic carbocycles. The normalized spacial score (nSPS) is 11.3. The molecule has 0 fully saturated rings. The van der Waals surface area contributed by atoms with E-state index in [-0.39, 0.29) is 0 Å². The van der Waals surface area contributed by atoms with E-state index in [0.29, 0.717) is 0 Å². The van der Waals surface area contributed by atoms with E-state index < -0.39 is 0 Å². The fourth-order valence-electron chi connectivity index (χ4n) is 3.82. The molecule has 3 aromatic rings. The largest absolute Gasteiger partial charge is 0.497 e. The van der Waals surface area contributed by atoms with Gasteiger partial charge in [0.05, 0.1) is 46.1 Å². The maximum atomic E-state index is 5.42. The smallest absolute Gasteiger partial charge is 0.158 e. The van der Waals surface area contributed by atoms with Crippen LogP contribution in [0.15, 0.2) is 24.3 Å². The van der Waals surface area contributed by atoms with Crippen molar-refractivity contribution in [2.45, 2.75) is 34.1 Å². The summed E-state index contributed by atoms with van der Waals surface area (Å²) < 4.78 is 12.8. The summed E-state index contributed by atoms with van der Waals surface area (Å²) in [6, 6.07) is 7.81. The van der Waals surface area contributed by atoms with Gasteiger partial charge in [-0.05, 0) is 39.3 Å². The number of aromatic nitrogens is 3. The Kier molecular flexibility index (Phi) is 7.15. The van der Waals surface area contributed by atoms with E-state index >= 15 is 0 Å². The molecule has 30 heavy (non-hydrogen) atoms. The van der Waals surface area contributed by atoms with E-state index in [2.05, 4.69) is 33.0 Å². The van der Waals surface area contributed by atoms with Crippen LogP contribution in [-0.4, -0.2) is 55.0 Å². The summed E-state index contributed by atoms with van der Waals surface area (Å²) in [5, 5.41) is 8.54. The second kappa shape index (κ2) is 9.80. The predicted octanol–water partition coefficient (Wildman–Crippen LogP) is 2.62. The van der Waals surface area contributed by atoms with Gasteiger partial charge in [0.15, 0.2) is 5.65 Å². The van der Waals surface area contributed by atoms with Gasteiger partial charge < -0.3 is 19.7 Å². The van der Waals surface area contributed by atoms with Crippen LogP contribution in [0.2, 0.25) is 0 Å². The lowest BCUT2D eigenvalue weighted by Gasteiger charge is -2.18. The molecule has 0 aliphatic heterocycles. The molecule has 0 aliphatic rings. The van der Waals surface area contributed by atoms with Gasteiger partial charge in [0.25, 0.3) is 0 Å². The maximum absolute atomic E-state index is 5.42. The third-order valence-corrected chi connectivity index (χ3v) is 5.68. The summed E-state index contributed by atoms with van der Waals surface area (Å²) in [5.41, 5.74) is 4.85. The average molecular weight is 413 g/mol. The molecular formula is C23H34N5O2+. The fourth-order valence-corrected chi connectivity index (χ4v) is 3.82. The van der Waals surface area contributed by atoms with E-state index in [1.165, 1.54) is 5.56 Å². The van der Waals surface area contributed by atoms with Crippen molar-refractivity contribution in [1.82, 2.24) is 14.6 Å². The van der Waals surface area contributed by atoms with Gasteiger partial charge in [-0.15, -0.1) is 0 Å². The van der Waals surface area contributed by atoms with Crippen molar-refractivity contribution in [2.75, 3.05) is 45.7 Å². The third-order valence-electron chi connectivity index (χ3n) is 5.68. The quantitative estimate of drug-likeness (QED) is 0.536. The molecule has 0 radical (unpaired) electrons. The van der Waals surface area contributed by atoms with Crippen molar-refractivity contribution in [1.29, 1.82) is 0 Å². The summed E-state index contributed by atoms with van der Waals surface area (Å²) in [6.07, 6.45) is 0.900. The summed E-state index contributed by atoms with van der Waals surface area (Å²) in [4.78, 5) is 6.38. The van der Waals surface area contributed by atoms with Crippen molar-refractivity contribution in [3.8, 4) is 22.8 Å². The van der Waals surface area contributed by atoms with Crippen LogP contribution >= 0.6 is 0 Å². The van der Waals surface area contributed by atoms with Crippen molar-refractivity contribution in [2.24, 2.45) is 0 Å². The molecule has 0 spiro atoms. The lowest BCUT2D eigenvalue weighted by Crippen LogP contribution is -3.12. The zero-order valence-electron chi connectivity index (χ0n) is 19.0. The van der Waals surface area contributed by atoms with Crippen LogP contribution in [-0.2, 0) is 6.42 Å². The first kappa shape index (κ1) is 21.9. The Bertz CT molecular complexity index is 973. The van der Waals surface area contributed by atoms with Crippen molar-refractivity contribution < 1.29 is 14.4 Å². The molecule has 0 saturated heterocycles. The van der Waals surface area contributed by atoms with Crippen LogP contribution < -0.4 is 19.7 Å². The maximum Gasteiger partial charge on any atom is 0.158 e. The highest BCUT2D eigenvalue weighted by molar-refractivity contribution is 5.69. The minimum atomic E-state index is 0.736. The van der Waals surface area contributed by atoms with Crippen molar-refractivity contribution >= 4 is 11.5 Å². The Morgan fingerprint density at radius 1 is 1.00 bits per heavy atom. The molecule has 0 bridgehead atoms. The second-order valence-electron chi connectivity index (χ2n) is 7.41. The molecule has 2 N–H and O–H groups in total. The number of quaternary nitrogens is 1. The first-order chi connectivity index (χ1) is 14.5. The van der Waals surface area contributed by atoms with Crippen LogP contribution in [0.4, 0.5) is 5.82 Å². The topological polar surface area (TPSA) is 65.1 Å². The number of likely N-dealkylation sites (N-methyl/N-ethyl adjacent to an activating group) is 1. The number of hydrogen-bond donors (Lipinski definition) is 2.